The number of amidine groups is 1. The molecule has 0 aliphatic carbocycles. The van der Waals surface area contributed by atoms with Crippen LogP contribution in [0.5, 0.6) is 0 Å². The molecule has 0 heterocycles. The van der Waals surface area contributed by atoms with E-state index in [2.05, 4.69) is 10.5 Å². The number of hydrogen-bond acceptors (Lipinski definition) is 3. The minimum atomic E-state index is -0.406. The van der Waals surface area contributed by atoms with Gasteiger partial charge in [-0.25, -0.2) is 0 Å². The van der Waals surface area contributed by atoms with Gasteiger partial charge in [0, 0.05) is 5.56 Å². The molecule has 19 heavy (non-hydrogen) atoms. The first-order valence-corrected chi connectivity index (χ1v) is 6.04. The van der Waals surface area contributed by atoms with Gasteiger partial charge in [0.05, 0.1) is 6.61 Å². The highest BCUT2D eigenvalue weighted by Crippen LogP contribution is 2.17. The molecular formula is C15H16N2O2. The second kappa shape index (κ2) is 6.68. The fourth-order valence-corrected chi connectivity index (χ4v) is 1.82. The van der Waals surface area contributed by atoms with E-state index >= 15 is 0 Å². The van der Waals surface area contributed by atoms with E-state index in [0.29, 0.717) is 5.84 Å². The normalized spacial score (nSPS) is 13.1. The molecule has 0 aliphatic rings. The van der Waals surface area contributed by atoms with Crippen molar-refractivity contribution >= 4 is 5.84 Å². The van der Waals surface area contributed by atoms with Gasteiger partial charge < -0.3 is 5.11 Å². The Morgan fingerprint density at radius 3 is 2.11 bits per heavy atom. The number of benzene rings is 2. The SMILES string of the molecule is OCC(N=C(NO)c1ccccc1)c1ccccc1. The van der Waals surface area contributed by atoms with Crippen molar-refractivity contribution in [2.45, 2.75) is 6.04 Å². The van der Waals surface area contributed by atoms with Gasteiger partial charge in [0.15, 0.2) is 5.84 Å². The van der Waals surface area contributed by atoms with Gasteiger partial charge in [-0.15, -0.1) is 0 Å². The van der Waals surface area contributed by atoms with Crippen LogP contribution in [0.25, 0.3) is 0 Å². The van der Waals surface area contributed by atoms with Crippen molar-refractivity contribution in [1.82, 2.24) is 5.48 Å². The Morgan fingerprint density at radius 1 is 1.00 bits per heavy atom. The lowest BCUT2D eigenvalue weighted by Crippen LogP contribution is -2.22. The van der Waals surface area contributed by atoms with Crippen LogP contribution in [0.3, 0.4) is 0 Å². The quantitative estimate of drug-likeness (QED) is 0.446. The highest BCUT2D eigenvalue weighted by Gasteiger charge is 2.10. The minimum Gasteiger partial charge on any atom is -0.394 e. The molecule has 98 valence electrons. The zero-order chi connectivity index (χ0) is 13.5. The van der Waals surface area contributed by atoms with E-state index in [9.17, 15) is 10.3 Å². The monoisotopic (exact) mass is 256 g/mol. The van der Waals surface area contributed by atoms with E-state index < -0.39 is 6.04 Å². The molecule has 0 saturated carbocycles. The number of aliphatic hydroxyl groups excluding tert-OH is 1. The maximum atomic E-state index is 9.45. The third-order valence-corrected chi connectivity index (χ3v) is 2.80. The van der Waals surface area contributed by atoms with Gasteiger partial charge >= 0.3 is 0 Å². The average Bonchev–Trinajstić information content (AvgIpc) is 2.50. The molecule has 1 unspecified atom stereocenters. The fourth-order valence-electron chi connectivity index (χ4n) is 1.82. The van der Waals surface area contributed by atoms with Crippen LogP contribution in [0.15, 0.2) is 65.7 Å². The van der Waals surface area contributed by atoms with E-state index in [0.717, 1.165) is 11.1 Å². The van der Waals surface area contributed by atoms with Crippen molar-refractivity contribution in [3.05, 3.63) is 71.8 Å². The Hall–Kier alpha value is -2.17. The number of hydroxylamine groups is 1. The van der Waals surface area contributed by atoms with Crippen LogP contribution in [-0.2, 0) is 0 Å². The van der Waals surface area contributed by atoms with Crippen LogP contribution >= 0.6 is 0 Å². The smallest absolute Gasteiger partial charge is 0.152 e. The predicted molar refractivity (Wildman–Crippen MR) is 74.2 cm³/mol. The first-order chi connectivity index (χ1) is 9.35. The van der Waals surface area contributed by atoms with E-state index in [1.54, 1.807) is 0 Å². The van der Waals surface area contributed by atoms with Gasteiger partial charge in [-0.1, -0.05) is 60.7 Å². The Labute approximate surface area is 112 Å². The number of aliphatic hydroxyl groups is 1. The largest absolute Gasteiger partial charge is 0.394 e. The molecule has 0 radical (unpaired) electrons. The van der Waals surface area contributed by atoms with Gasteiger partial charge in [0.1, 0.15) is 6.04 Å². The summed E-state index contributed by atoms with van der Waals surface area (Å²) < 4.78 is 0. The molecule has 0 fully saturated rings. The molecule has 4 heteroatoms. The van der Waals surface area contributed by atoms with Crippen LogP contribution in [0.1, 0.15) is 17.2 Å². The number of aliphatic imine (C=N–C) groups is 1. The van der Waals surface area contributed by atoms with Crippen molar-refractivity contribution in [3.63, 3.8) is 0 Å². The Kier molecular flexibility index (Phi) is 4.66. The summed E-state index contributed by atoms with van der Waals surface area (Å²) in [6.45, 7) is -0.123. The minimum absolute atomic E-state index is 0.123. The summed E-state index contributed by atoms with van der Waals surface area (Å²) in [6.07, 6.45) is 0. The topological polar surface area (TPSA) is 64.9 Å². The van der Waals surface area contributed by atoms with E-state index in [1.807, 2.05) is 60.7 Å². The molecule has 2 aromatic carbocycles. The van der Waals surface area contributed by atoms with Crippen molar-refractivity contribution < 1.29 is 10.3 Å². The van der Waals surface area contributed by atoms with Crippen molar-refractivity contribution in [2.75, 3.05) is 6.61 Å². The molecular weight excluding hydrogens is 240 g/mol. The van der Waals surface area contributed by atoms with Crippen LogP contribution in [-0.4, -0.2) is 22.8 Å². The molecule has 2 aromatic rings. The maximum absolute atomic E-state index is 9.45. The lowest BCUT2D eigenvalue weighted by Gasteiger charge is -2.12. The number of rotatable bonds is 4. The van der Waals surface area contributed by atoms with Gasteiger partial charge in [-0.05, 0) is 5.56 Å². The molecule has 0 amide bonds. The van der Waals surface area contributed by atoms with Crippen LogP contribution in [0, 0.1) is 0 Å². The predicted octanol–water partition coefficient (Wildman–Crippen LogP) is 2.15. The Balaban J connectivity index is 2.31. The molecule has 1 atom stereocenters. The van der Waals surface area contributed by atoms with E-state index in [4.69, 9.17) is 0 Å². The molecule has 0 spiro atoms. The fraction of sp³-hybridized carbons (Fsp3) is 0.133. The summed E-state index contributed by atoms with van der Waals surface area (Å²) in [5.41, 5.74) is 3.75. The Bertz CT molecular complexity index is 526. The van der Waals surface area contributed by atoms with E-state index in [-0.39, 0.29) is 6.61 Å². The number of nitrogens with one attached hydrogen (secondary N) is 1. The summed E-state index contributed by atoms with van der Waals surface area (Å²) in [5.74, 6) is 0.337. The molecule has 2 rings (SSSR count). The van der Waals surface area contributed by atoms with Gasteiger partial charge in [-0.3, -0.25) is 15.7 Å². The summed E-state index contributed by atoms with van der Waals surface area (Å²) in [5, 5.41) is 18.7. The van der Waals surface area contributed by atoms with Crippen molar-refractivity contribution in [2.24, 2.45) is 4.99 Å². The molecule has 0 saturated heterocycles. The second-order valence-corrected chi connectivity index (χ2v) is 4.06. The van der Waals surface area contributed by atoms with Gasteiger partial charge in [0.2, 0.25) is 0 Å². The number of hydrogen-bond donors (Lipinski definition) is 3. The third kappa shape index (κ3) is 3.40. The summed E-state index contributed by atoms with van der Waals surface area (Å²) in [4.78, 5) is 4.36. The second-order valence-electron chi connectivity index (χ2n) is 4.06. The van der Waals surface area contributed by atoms with Gasteiger partial charge in [-0.2, -0.15) is 0 Å². The first kappa shape index (κ1) is 13.3. The lowest BCUT2D eigenvalue weighted by atomic mass is 10.1. The van der Waals surface area contributed by atoms with Crippen molar-refractivity contribution in [3.8, 4) is 0 Å². The highest BCUT2D eigenvalue weighted by molar-refractivity contribution is 5.98. The molecule has 4 nitrogen and oxygen atoms in total. The average molecular weight is 256 g/mol. The lowest BCUT2D eigenvalue weighted by molar-refractivity contribution is 0.231. The standard InChI is InChI=1S/C15H16N2O2/c18-11-14(12-7-3-1-4-8-12)16-15(17-19)13-9-5-2-6-10-13/h1-10,14,18-19H,11H2,(H,16,17). The van der Waals surface area contributed by atoms with Crippen molar-refractivity contribution in [1.29, 1.82) is 0 Å². The zero-order valence-electron chi connectivity index (χ0n) is 10.4. The zero-order valence-corrected chi connectivity index (χ0v) is 10.4. The molecule has 3 N–H and O–H groups in total. The third-order valence-electron chi connectivity index (χ3n) is 2.80. The van der Waals surface area contributed by atoms with Gasteiger partial charge in [0.25, 0.3) is 0 Å². The molecule has 0 bridgehead atoms. The first-order valence-electron chi connectivity index (χ1n) is 6.04. The van der Waals surface area contributed by atoms with E-state index in [1.165, 1.54) is 0 Å². The summed E-state index contributed by atoms with van der Waals surface area (Å²) >= 11 is 0. The van der Waals surface area contributed by atoms with Crippen LogP contribution in [0.4, 0.5) is 0 Å². The van der Waals surface area contributed by atoms with Crippen LogP contribution < -0.4 is 5.48 Å². The highest BCUT2D eigenvalue weighted by atomic mass is 16.5. The summed E-state index contributed by atoms with van der Waals surface area (Å²) in [6, 6.07) is 18.3. The molecule has 0 aromatic heterocycles. The number of nitrogens with zero attached hydrogens (tertiary/aromatic N) is 1. The maximum Gasteiger partial charge on any atom is 0.152 e. The van der Waals surface area contributed by atoms with Crippen LogP contribution in [0.2, 0.25) is 0 Å². The Morgan fingerprint density at radius 2 is 1.58 bits per heavy atom. The summed E-state index contributed by atoms with van der Waals surface area (Å²) in [7, 11) is 0. The molecule has 0 aliphatic heterocycles.